The number of rotatable bonds is 4. The van der Waals surface area contributed by atoms with Gasteiger partial charge < -0.3 is 4.42 Å². The van der Waals surface area contributed by atoms with Gasteiger partial charge in [0.15, 0.2) is 17.5 Å². The van der Waals surface area contributed by atoms with Crippen molar-refractivity contribution in [1.29, 1.82) is 0 Å². The number of hydrogen-bond donors (Lipinski definition) is 0. The molecule has 1 spiro atoms. The van der Waals surface area contributed by atoms with E-state index in [4.69, 9.17) is 19.4 Å². The maximum atomic E-state index is 6.60. The van der Waals surface area contributed by atoms with Crippen LogP contribution in [0, 0.1) is 0 Å². The summed E-state index contributed by atoms with van der Waals surface area (Å²) in [5.41, 5.74) is 16.8. The molecule has 0 aliphatic heterocycles. The largest absolute Gasteiger partial charge is 0.456 e. The predicted octanol–water partition coefficient (Wildman–Crippen LogP) is 15.2. The van der Waals surface area contributed by atoms with E-state index in [0.29, 0.717) is 17.5 Å². The summed E-state index contributed by atoms with van der Waals surface area (Å²) in [5, 5.41) is 4.44. The van der Waals surface area contributed by atoms with Crippen LogP contribution in [0.2, 0.25) is 0 Å². The minimum atomic E-state index is -0.373. The van der Waals surface area contributed by atoms with E-state index in [1.807, 2.05) is 41.7 Å². The fraction of sp³-hybridized carbons (Fsp3) is 0.0172. The van der Waals surface area contributed by atoms with Crippen LogP contribution in [-0.2, 0) is 5.41 Å². The Balaban J connectivity index is 0.943. The van der Waals surface area contributed by atoms with E-state index in [-0.39, 0.29) is 5.41 Å². The van der Waals surface area contributed by atoms with Gasteiger partial charge in [-0.25, -0.2) is 15.0 Å². The monoisotopic (exact) mass is 819 g/mol. The minimum Gasteiger partial charge on any atom is -0.456 e. The lowest BCUT2D eigenvalue weighted by molar-refractivity contribution is 0.669. The second-order valence-electron chi connectivity index (χ2n) is 16.6. The SMILES string of the molecule is c1ccc(-c2nc(-c3ccc4sc5ccccc5c4c3)nc(-c3cccc4oc5ccc(-c6ccc7c(c6)-c6ccccc6C76c7ccccc7-c7ccccc76)cc5c34)n2)cc1. The van der Waals surface area contributed by atoms with Crippen molar-refractivity contribution in [1.82, 2.24) is 15.0 Å². The minimum absolute atomic E-state index is 0.373. The van der Waals surface area contributed by atoms with Gasteiger partial charge in [-0.15, -0.1) is 11.3 Å². The second kappa shape index (κ2) is 13.0. The molecule has 0 radical (unpaired) electrons. The lowest BCUT2D eigenvalue weighted by Crippen LogP contribution is -2.25. The normalized spacial score (nSPS) is 13.2. The molecule has 0 saturated carbocycles. The summed E-state index contributed by atoms with van der Waals surface area (Å²) in [6.07, 6.45) is 0. The molecular formula is C58H33N3OS. The van der Waals surface area contributed by atoms with E-state index in [1.165, 1.54) is 64.7 Å². The first-order valence-corrected chi connectivity index (χ1v) is 22.2. The summed E-state index contributed by atoms with van der Waals surface area (Å²) in [7, 11) is 0. The topological polar surface area (TPSA) is 51.8 Å². The molecule has 0 unspecified atom stereocenters. The van der Waals surface area contributed by atoms with Crippen LogP contribution in [0.4, 0.5) is 0 Å². The van der Waals surface area contributed by atoms with Crippen molar-refractivity contribution in [2.24, 2.45) is 0 Å². The summed E-state index contributed by atoms with van der Waals surface area (Å²) < 4.78 is 9.10. The molecular weight excluding hydrogens is 787 g/mol. The molecule has 14 rings (SSSR count). The zero-order chi connectivity index (χ0) is 41.2. The zero-order valence-electron chi connectivity index (χ0n) is 33.7. The lowest BCUT2D eigenvalue weighted by atomic mass is 9.70. The number of benzene rings is 9. The van der Waals surface area contributed by atoms with E-state index in [9.17, 15) is 0 Å². The highest BCUT2D eigenvalue weighted by Gasteiger charge is 2.51. The maximum Gasteiger partial charge on any atom is 0.164 e. The first-order chi connectivity index (χ1) is 31.2. The third-order valence-electron chi connectivity index (χ3n) is 13.4. The molecule has 0 bridgehead atoms. The highest BCUT2D eigenvalue weighted by molar-refractivity contribution is 7.25. The first-order valence-electron chi connectivity index (χ1n) is 21.3. The zero-order valence-corrected chi connectivity index (χ0v) is 34.5. The Bertz CT molecular complexity index is 3830. The molecule has 63 heavy (non-hydrogen) atoms. The van der Waals surface area contributed by atoms with Gasteiger partial charge in [-0.1, -0.05) is 152 Å². The number of fused-ring (bicyclic) bond motifs is 16. The quantitative estimate of drug-likeness (QED) is 0.177. The third kappa shape index (κ3) is 4.88. The Morgan fingerprint density at radius 3 is 1.67 bits per heavy atom. The average molecular weight is 820 g/mol. The summed E-state index contributed by atoms with van der Waals surface area (Å²) in [6.45, 7) is 0. The van der Waals surface area contributed by atoms with E-state index >= 15 is 0 Å². The van der Waals surface area contributed by atoms with Crippen LogP contribution in [0.1, 0.15) is 22.3 Å². The van der Waals surface area contributed by atoms with Crippen LogP contribution in [0.3, 0.4) is 0 Å². The molecule has 0 N–H and O–H groups in total. The molecule has 3 aromatic heterocycles. The van der Waals surface area contributed by atoms with E-state index in [2.05, 4.69) is 170 Å². The smallest absolute Gasteiger partial charge is 0.164 e. The van der Waals surface area contributed by atoms with Crippen LogP contribution >= 0.6 is 11.3 Å². The summed E-state index contributed by atoms with van der Waals surface area (Å²) in [6, 6.07) is 72.0. The molecule has 12 aromatic rings. The standard InChI is InChI=1S/C58H33N3OS/c1-2-13-34(14-3-1)55-59-56(37-27-30-53-44(33-37)41-18-7-11-24-52(41)63-53)61-57(60-55)42-19-12-23-51-54(42)45-32-36(26-29-50(45)62-51)35-25-28-49-43(31-35)40-17-6-10-22-48(40)58(49)46-20-8-4-15-38(46)39-16-5-9-21-47(39)58/h1-33H. The van der Waals surface area contributed by atoms with Crippen molar-refractivity contribution in [3.8, 4) is 67.5 Å². The lowest BCUT2D eigenvalue weighted by Gasteiger charge is -2.30. The molecule has 0 atom stereocenters. The molecule has 0 saturated heterocycles. The fourth-order valence-electron chi connectivity index (χ4n) is 10.7. The van der Waals surface area contributed by atoms with Crippen molar-refractivity contribution in [2.75, 3.05) is 0 Å². The first kappa shape index (κ1) is 34.7. The van der Waals surface area contributed by atoms with Crippen molar-refractivity contribution in [2.45, 2.75) is 5.41 Å². The van der Waals surface area contributed by atoms with Crippen molar-refractivity contribution in [3.05, 3.63) is 222 Å². The average Bonchev–Trinajstić information content (AvgIpc) is 4.09. The molecule has 4 nitrogen and oxygen atoms in total. The van der Waals surface area contributed by atoms with Gasteiger partial charge in [0.2, 0.25) is 0 Å². The van der Waals surface area contributed by atoms with Crippen LogP contribution in [-0.4, -0.2) is 15.0 Å². The number of thiophene rings is 1. The van der Waals surface area contributed by atoms with Gasteiger partial charge in [-0.05, 0) is 104 Å². The van der Waals surface area contributed by atoms with E-state index in [1.54, 1.807) is 0 Å². The molecule has 9 aromatic carbocycles. The molecule has 2 aliphatic rings. The van der Waals surface area contributed by atoms with Crippen LogP contribution in [0.15, 0.2) is 205 Å². The van der Waals surface area contributed by atoms with Crippen molar-refractivity contribution < 1.29 is 4.42 Å². The predicted molar refractivity (Wildman–Crippen MR) is 258 cm³/mol. The van der Waals surface area contributed by atoms with Crippen molar-refractivity contribution in [3.63, 3.8) is 0 Å². The summed E-state index contributed by atoms with van der Waals surface area (Å²) >= 11 is 1.81. The second-order valence-corrected chi connectivity index (χ2v) is 17.7. The number of furan rings is 1. The highest BCUT2D eigenvalue weighted by Crippen LogP contribution is 2.63. The third-order valence-corrected chi connectivity index (χ3v) is 14.5. The fourth-order valence-corrected chi connectivity index (χ4v) is 11.8. The van der Waals surface area contributed by atoms with Crippen LogP contribution in [0.5, 0.6) is 0 Å². The number of aromatic nitrogens is 3. The van der Waals surface area contributed by atoms with Crippen molar-refractivity contribution >= 4 is 53.4 Å². The van der Waals surface area contributed by atoms with Crippen LogP contribution < -0.4 is 0 Å². The number of nitrogens with zero attached hydrogens (tertiary/aromatic N) is 3. The molecule has 292 valence electrons. The Morgan fingerprint density at radius 2 is 0.889 bits per heavy atom. The number of hydrogen-bond acceptors (Lipinski definition) is 5. The summed E-state index contributed by atoms with van der Waals surface area (Å²) in [5.74, 6) is 1.86. The van der Waals surface area contributed by atoms with Gasteiger partial charge in [-0.3, -0.25) is 0 Å². The highest BCUT2D eigenvalue weighted by atomic mass is 32.1. The van der Waals surface area contributed by atoms with Gasteiger partial charge in [0, 0.05) is 47.6 Å². The summed E-state index contributed by atoms with van der Waals surface area (Å²) in [4.78, 5) is 15.5. The molecule has 2 aliphatic carbocycles. The molecule has 3 heterocycles. The Labute approximate surface area is 366 Å². The molecule has 0 fully saturated rings. The van der Waals surface area contributed by atoms with E-state index in [0.717, 1.165) is 49.8 Å². The van der Waals surface area contributed by atoms with Gasteiger partial charge in [0.25, 0.3) is 0 Å². The molecule has 5 heteroatoms. The van der Waals surface area contributed by atoms with E-state index < -0.39 is 0 Å². The Kier molecular flexibility index (Phi) is 7.16. The maximum absolute atomic E-state index is 6.60. The van der Waals surface area contributed by atoms with Gasteiger partial charge in [-0.2, -0.15) is 0 Å². The Morgan fingerprint density at radius 1 is 0.333 bits per heavy atom. The van der Waals surface area contributed by atoms with Gasteiger partial charge in [0.05, 0.1) is 5.41 Å². The molecule has 0 amide bonds. The van der Waals surface area contributed by atoms with Gasteiger partial charge in [0.1, 0.15) is 11.2 Å². The van der Waals surface area contributed by atoms with Gasteiger partial charge >= 0.3 is 0 Å². The Hall–Kier alpha value is -7.99. The van der Waals surface area contributed by atoms with Crippen LogP contribution in [0.25, 0.3) is 110 Å².